The van der Waals surface area contributed by atoms with Crippen molar-refractivity contribution in [3.8, 4) is 0 Å². The maximum atomic E-state index is 12.4. The summed E-state index contributed by atoms with van der Waals surface area (Å²) in [5.74, 6) is 0. The van der Waals surface area contributed by atoms with E-state index < -0.39 is 11.7 Å². The average molecular weight is 286 g/mol. The monoisotopic (exact) mass is 286 g/mol. The van der Waals surface area contributed by atoms with E-state index in [2.05, 4.69) is 10.3 Å². The number of rotatable bonds is 4. The topological polar surface area (TPSA) is 24.9 Å². The van der Waals surface area contributed by atoms with Gasteiger partial charge in [0.1, 0.15) is 0 Å². The maximum absolute atomic E-state index is 12.4. The highest BCUT2D eigenvalue weighted by atomic mass is 32.1. The van der Waals surface area contributed by atoms with Crippen LogP contribution in [0.4, 0.5) is 13.2 Å². The molecule has 1 atom stereocenters. The standard InChI is InChI=1S/C13H13F3N2S/c1-9(17-6-12-7-19-8-18-12)10-2-4-11(5-3-10)13(14,15)16/h2-5,7-9,17H,6H2,1H3/t9-/m0/s1. The Kier molecular flexibility index (Phi) is 4.21. The molecule has 0 saturated heterocycles. The summed E-state index contributed by atoms with van der Waals surface area (Å²) in [4.78, 5) is 4.14. The van der Waals surface area contributed by atoms with E-state index >= 15 is 0 Å². The summed E-state index contributed by atoms with van der Waals surface area (Å²) < 4.78 is 37.3. The van der Waals surface area contributed by atoms with Crippen LogP contribution < -0.4 is 5.32 Å². The fourth-order valence-electron chi connectivity index (χ4n) is 1.66. The number of alkyl halides is 3. The molecule has 2 aromatic rings. The lowest BCUT2D eigenvalue weighted by atomic mass is 10.1. The quantitative estimate of drug-likeness (QED) is 0.918. The molecule has 2 rings (SSSR count). The zero-order valence-corrected chi connectivity index (χ0v) is 11.1. The highest BCUT2D eigenvalue weighted by molar-refractivity contribution is 7.07. The number of nitrogens with one attached hydrogen (secondary N) is 1. The third kappa shape index (κ3) is 3.78. The van der Waals surface area contributed by atoms with Crippen molar-refractivity contribution in [1.82, 2.24) is 10.3 Å². The third-order valence-corrected chi connectivity index (χ3v) is 3.45. The fraction of sp³-hybridized carbons (Fsp3) is 0.308. The van der Waals surface area contributed by atoms with Crippen molar-refractivity contribution in [3.63, 3.8) is 0 Å². The van der Waals surface area contributed by atoms with Gasteiger partial charge in [-0.2, -0.15) is 13.2 Å². The Morgan fingerprint density at radius 1 is 1.26 bits per heavy atom. The summed E-state index contributed by atoms with van der Waals surface area (Å²) in [6, 6.07) is 5.19. The van der Waals surface area contributed by atoms with E-state index in [1.807, 2.05) is 12.3 Å². The summed E-state index contributed by atoms with van der Waals surface area (Å²) >= 11 is 1.52. The molecule has 0 amide bonds. The Morgan fingerprint density at radius 3 is 2.47 bits per heavy atom. The van der Waals surface area contributed by atoms with Gasteiger partial charge >= 0.3 is 6.18 Å². The second kappa shape index (κ2) is 5.71. The van der Waals surface area contributed by atoms with Crippen molar-refractivity contribution in [2.24, 2.45) is 0 Å². The Balaban J connectivity index is 1.97. The Labute approximate surface area is 113 Å². The van der Waals surface area contributed by atoms with Crippen LogP contribution in [0, 0.1) is 0 Å². The van der Waals surface area contributed by atoms with Gasteiger partial charge in [0.2, 0.25) is 0 Å². The summed E-state index contributed by atoms with van der Waals surface area (Å²) in [6.07, 6.45) is -4.28. The van der Waals surface area contributed by atoms with Crippen molar-refractivity contribution in [1.29, 1.82) is 0 Å². The van der Waals surface area contributed by atoms with E-state index in [0.29, 0.717) is 6.54 Å². The second-order valence-electron chi connectivity index (χ2n) is 4.20. The average Bonchev–Trinajstić information content (AvgIpc) is 2.88. The number of thiazole rings is 1. The normalized spacial score (nSPS) is 13.5. The number of halogens is 3. The summed E-state index contributed by atoms with van der Waals surface area (Å²) in [6.45, 7) is 2.51. The van der Waals surface area contributed by atoms with E-state index in [9.17, 15) is 13.2 Å². The molecule has 6 heteroatoms. The van der Waals surface area contributed by atoms with Crippen LogP contribution in [0.15, 0.2) is 35.2 Å². The molecule has 0 saturated carbocycles. The summed E-state index contributed by atoms with van der Waals surface area (Å²) in [5.41, 5.74) is 2.88. The van der Waals surface area contributed by atoms with Crippen LogP contribution in [0.25, 0.3) is 0 Å². The molecule has 2 nitrogen and oxygen atoms in total. The molecule has 1 aromatic heterocycles. The van der Waals surface area contributed by atoms with E-state index in [4.69, 9.17) is 0 Å². The molecular formula is C13H13F3N2S. The largest absolute Gasteiger partial charge is 0.416 e. The van der Waals surface area contributed by atoms with Gasteiger partial charge in [0.25, 0.3) is 0 Å². The van der Waals surface area contributed by atoms with Crippen LogP contribution in [0.2, 0.25) is 0 Å². The first-order chi connectivity index (χ1) is 8.97. The second-order valence-corrected chi connectivity index (χ2v) is 4.92. The summed E-state index contributed by atoms with van der Waals surface area (Å²) in [5, 5.41) is 5.16. The number of nitrogens with zero attached hydrogens (tertiary/aromatic N) is 1. The minimum atomic E-state index is -4.28. The first-order valence-electron chi connectivity index (χ1n) is 5.74. The van der Waals surface area contributed by atoms with E-state index in [1.54, 1.807) is 5.51 Å². The minimum Gasteiger partial charge on any atom is -0.305 e. The molecule has 1 heterocycles. The van der Waals surface area contributed by atoms with Gasteiger partial charge in [0.15, 0.2) is 0 Å². The van der Waals surface area contributed by atoms with Gasteiger partial charge in [0.05, 0.1) is 16.8 Å². The smallest absolute Gasteiger partial charge is 0.305 e. The lowest BCUT2D eigenvalue weighted by molar-refractivity contribution is -0.137. The molecule has 102 valence electrons. The molecule has 0 unspecified atom stereocenters. The van der Waals surface area contributed by atoms with Gasteiger partial charge in [-0.05, 0) is 24.6 Å². The minimum absolute atomic E-state index is 0.0241. The van der Waals surface area contributed by atoms with Gasteiger partial charge in [-0.25, -0.2) is 4.98 Å². The molecule has 0 spiro atoms. The Bertz CT molecular complexity index is 506. The zero-order chi connectivity index (χ0) is 13.9. The fourth-order valence-corrected chi connectivity index (χ4v) is 2.22. The molecule has 0 aliphatic heterocycles. The molecule has 0 aliphatic carbocycles. The lowest BCUT2D eigenvalue weighted by Crippen LogP contribution is -2.18. The third-order valence-electron chi connectivity index (χ3n) is 2.81. The van der Waals surface area contributed by atoms with Crippen molar-refractivity contribution in [3.05, 3.63) is 52.0 Å². The predicted molar refractivity (Wildman–Crippen MR) is 68.8 cm³/mol. The molecular weight excluding hydrogens is 273 g/mol. The van der Waals surface area contributed by atoms with Crippen molar-refractivity contribution < 1.29 is 13.2 Å². The lowest BCUT2D eigenvalue weighted by Gasteiger charge is -2.14. The highest BCUT2D eigenvalue weighted by Gasteiger charge is 2.30. The molecule has 0 aliphatic rings. The van der Waals surface area contributed by atoms with E-state index in [1.165, 1.54) is 23.5 Å². The van der Waals surface area contributed by atoms with Gasteiger partial charge in [-0.3, -0.25) is 0 Å². The molecule has 0 bridgehead atoms. The van der Waals surface area contributed by atoms with Crippen LogP contribution in [-0.2, 0) is 12.7 Å². The van der Waals surface area contributed by atoms with Gasteiger partial charge in [0, 0.05) is 18.0 Å². The zero-order valence-electron chi connectivity index (χ0n) is 10.2. The SMILES string of the molecule is C[C@H](NCc1cscn1)c1ccc(C(F)(F)F)cc1. The highest BCUT2D eigenvalue weighted by Crippen LogP contribution is 2.29. The van der Waals surface area contributed by atoms with Crippen LogP contribution in [0.1, 0.15) is 29.8 Å². The molecule has 1 N–H and O–H groups in total. The number of benzene rings is 1. The molecule has 0 fully saturated rings. The van der Waals surface area contributed by atoms with Crippen LogP contribution in [-0.4, -0.2) is 4.98 Å². The molecule has 1 aromatic carbocycles. The van der Waals surface area contributed by atoms with Gasteiger partial charge in [-0.1, -0.05) is 12.1 Å². The van der Waals surface area contributed by atoms with Crippen molar-refractivity contribution in [2.45, 2.75) is 25.7 Å². The molecule has 0 radical (unpaired) electrons. The first-order valence-corrected chi connectivity index (χ1v) is 6.68. The Hall–Kier alpha value is -1.40. The number of aromatic nitrogens is 1. The summed E-state index contributed by atoms with van der Waals surface area (Å²) in [7, 11) is 0. The number of hydrogen-bond donors (Lipinski definition) is 1. The maximum Gasteiger partial charge on any atom is 0.416 e. The predicted octanol–water partition coefficient (Wildman–Crippen LogP) is 4.01. The van der Waals surface area contributed by atoms with Crippen molar-refractivity contribution in [2.75, 3.05) is 0 Å². The van der Waals surface area contributed by atoms with Gasteiger partial charge in [-0.15, -0.1) is 11.3 Å². The van der Waals surface area contributed by atoms with Gasteiger partial charge < -0.3 is 5.32 Å². The van der Waals surface area contributed by atoms with E-state index in [-0.39, 0.29) is 6.04 Å². The first kappa shape index (κ1) is 14.0. The van der Waals surface area contributed by atoms with Crippen LogP contribution >= 0.6 is 11.3 Å². The van der Waals surface area contributed by atoms with E-state index in [0.717, 1.165) is 23.4 Å². The molecule has 19 heavy (non-hydrogen) atoms. The van der Waals surface area contributed by atoms with Crippen LogP contribution in [0.5, 0.6) is 0 Å². The Morgan fingerprint density at radius 2 is 1.95 bits per heavy atom. The number of hydrogen-bond acceptors (Lipinski definition) is 3. The van der Waals surface area contributed by atoms with Crippen LogP contribution in [0.3, 0.4) is 0 Å². The van der Waals surface area contributed by atoms with Crippen molar-refractivity contribution >= 4 is 11.3 Å².